The first-order chi connectivity index (χ1) is 9.92. The second-order valence-electron chi connectivity index (χ2n) is 5.65. The molecule has 8 heteroatoms. The van der Waals surface area contributed by atoms with Gasteiger partial charge in [-0.1, -0.05) is 0 Å². The number of carbonyl (C=O) groups excluding carboxylic acids is 1. The van der Waals surface area contributed by atoms with Crippen molar-refractivity contribution >= 4 is 22.5 Å². The summed E-state index contributed by atoms with van der Waals surface area (Å²) in [6, 6.07) is -0.175. The molecule has 118 valence electrons. The van der Waals surface area contributed by atoms with E-state index in [2.05, 4.69) is 10.4 Å². The van der Waals surface area contributed by atoms with Crippen molar-refractivity contribution in [1.82, 2.24) is 14.7 Å². The molecule has 1 aromatic rings. The van der Waals surface area contributed by atoms with Crippen LogP contribution >= 0.6 is 0 Å². The van der Waals surface area contributed by atoms with E-state index >= 15 is 0 Å². The molecular formula is C13H22N4O3S. The molecule has 0 unspecified atom stereocenters. The van der Waals surface area contributed by atoms with Crippen LogP contribution < -0.4 is 5.32 Å². The van der Waals surface area contributed by atoms with Gasteiger partial charge < -0.3 is 15.0 Å². The van der Waals surface area contributed by atoms with Crippen LogP contribution in [0.3, 0.4) is 0 Å². The third kappa shape index (κ3) is 4.04. The summed E-state index contributed by atoms with van der Waals surface area (Å²) in [5.41, 5.74) is 0.653. The lowest BCUT2D eigenvalue weighted by molar-refractivity contribution is 0.183. The summed E-state index contributed by atoms with van der Waals surface area (Å²) in [5.74, 6) is 0.521. The molecule has 0 spiro atoms. The first-order valence-corrected chi connectivity index (χ1v) is 8.20. The number of nitrogens with zero attached hydrogens (tertiary/aromatic N) is 3. The van der Waals surface area contributed by atoms with Gasteiger partial charge in [0.05, 0.1) is 29.8 Å². The highest BCUT2D eigenvalue weighted by Crippen LogP contribution is 2.20. The largest absolute Gasteiger partial charge is 0.383 e. The van der Waals surface area contributed by atoms with Gasteiger partial charge in [-0.15, -0.1) is 0 Å². The van der Waals surface area contributed by atoms with E-state index in [1.165, 1.54) is 0 Å². The van der Waals surface area contributed by atoms with Crippen LogP contribution in [-0.2, 0) is 22.1 Å². The zero-order chi connectivity index (χ0) is 15.5. The van der Waals surface area contributed by atoms with Crippen molar-refractivity contribution in [3.63, 3.8) is 0 Å². The number of hydrogen-bond donors (Lipinski definition) is 1. The fraction of sp³-hybridized carbons (Fsp3) is 0.692. The number of amides is 2. The number of carbonyl (C=O) groups is 1. The summed E-state index contributed by atoms with van der Waals surface area (Å²) >= 11 is 0. The zero-order valence-electron chi connectivity index (χ0n) is 12.7. The molecule has 1 aliphatic heterocycles. The Morgan fingerprint density at radius 2 is 2.33 bits per heavy atom. The van der Waals surface area contributed by atoms with Gasteiger partial charge in [-0.25, -0.2) is 4.79 Å². The summed E-state index contributed by atoms with van der Waals surface area (Å²) in [5, 5.41) is 6.97. The topological polar surface area (TPSA) is 76.5 Å². The van der Waals surface area contributed by atoms with E-state index < -0.39 is 10.8 Å². The lowest BCUT2D eigenvalue weighted by Crippen LogP contribution is -2.53. The maximum Gasteiger partial charge on any atom is 0.322 e. The third-order valence-corrected chi connectivity index (χ3v) is 5.35. The fourth-order valence-corrected chi connectivity index (χ4v) is 3.43. The predicted molar refractivity (Wildman–Crippen MR) is 81.8 cm³/mol. The Kier molecular flexibility index (Phi) is 5.00. The summed E-state index contributed by atoms with van der Waals surface area (Å²) in [6.07, 6.45) is 3.38. The molecule has 0 saturated carbocycles. The summed E-state index contributed by atoms with van der Waals surface area (Å²) in [6.45, 7) is 6.06. The molecular weight excluding hydrogens is 292 g/mol. The molecule has 0 bridgehead atoms. The predicted octanol–water partition coefficient (Wildman–Crippen LogP) is 0.904. The molecule has 2 amide bonds. The normalized spacial score (nSPS) is 21.3. The highest BCUT2D eigenvalue weighted by atomic mass is 32.2. The van der Waals surface area contributed by atoms with Gasteiger partial charge in [0.25, 0.3) is 0 Å². The average Bonchev–Trinajstić information content (AvgIpc) is 2.87. The summed E-state index contributed by atoms with van der Waals surface area (Å²) in [7, 11) is 0.747. The van der Waals surface area contributed by atoms with Crippen LogP contribution in [0.25, 0.3) is 0 Å². The van der Waals surface area contributed by atoms with Gasteiger partial charge >= 0.3 is 6.03 Å². The number of rotatable bonds is 4. The van der Waals surface area contributed by atoms with Crippen molar-refractivity contribution < 1.29 is 13.7 Å². The van der Waals surface area contributed by atoms with Crippen molar-refractivity contribution in [2.45, 2.75) is 25.1 Å². The van der Waals surface area contributed by atoms with E-state index in [4.69, 9.17) is 4.74 Å². The summed E-state index contributed by atoms with van der Waals surface area (Å²) in [4.78, 5) is 13.9. The molecule has 0 radical (unpaired) electrons. The Hall–Kier alpha value is -1.41. The molecule has 0 aliphatic carbocycles. The molecule has 2 rings (SSSR count). The molecule has 1 aromatic heterocycles. The van der Waals surface area contributed by atoms with Crippen LogP contribution in [-0.4, -0.2) is 62.2 Å². The monoisotopic (exact) mass is 314 g/mol. The maximum atomic E-state index is 12.2. The molecule has 2 heterocycles. The molecule has 0 aromatic carbocycles. The first-order valence-electron chi connectivity index (χ1n) is 6.88. The van der Waals surface area contributed by atoms with Gasteiger partial charge in [0.1, 0.15) is 0 Å². The van der Waals surface area contributed by atoms with E-state index in [9.17, 15) is 9.00 Å². The van der Waals surface area contributed by atoms with E-state index in [-0.39, 0.29) is 10.8 Å². The minimum atomic E-state index is -0.886. The molecule has 1 saturated heterocycles. The Balaban J connectivity index is 1.92. The molecule has 1 aliphatic rings. The second-order valence-corrected chi connectivity index (χ2v) is 7.85. The van der Waals surface area contributed by atoms with Crippen molar-refractivity contribution in [2.75, 3.05) is 37.9 Å². The molecule has 21 heavy (non-hydrogen) atoms. The SMILES string of the molecule is COCCn1cc(NC(=O)N2CC[S@@](=O)C(C)(C)C2)cn1. The van der Waals surface area contributed by atoms with E-state index in [0.717, 1.165) is 0 Å². The van der Waals surface area contributed by atoms with E-state index in [1.54, 1.807) is 29.1 Å². The number of ether oxygens (including phenoxy) is 1. The van der Waals surface area contributed by atoms with Crippen molar-refractivity contribution in [3.05, 3.63) is 12.4 Å². The molecule has 1 atom stereocenters. The highest BCUT2D eigenvalue weighted by Gasteiger charge is 2.35. The van der Waals surface area contributed by atoms with Crippen LogP contribution in [0.5, 0.6) is 0 Å². The number of nitrogens with one attached hydrogen (secondary N) is 1. The Morgan fingerprint density at radius 3 is 3.00 bits per heavy atom. The Morgan fingerprint density at radius 1 is 1.57 bits per heavy atom. The minimum absolute atomic E-state index is 0.175. The number of hydrogen-bond acceptors (Lipinski definition) is 4. The molecule has 7 nitrogen and oxygen atoms in total. The van der Waals surface area contributed by atoms with Crippen LogP contribution in [0, 0.1) is 0 Å². The minimum Gasteiger partial charge on any atom is -0.383 e. The standard InChI is InChI=1S/C13H22N4O3S/c1-13(2)10-16(5-7-21(13)19)12(18)15-11-8-14-17(9-11)4-6-20-3/h8-9H,4-7,10H2,1-3H3,(H,15,18)/t21-/m1/s1. The molecule has 1 fully saturated rings. The smallest absolute Gasteiger partial charge is 0.322 e. The van der Waals surface area contributed by atoms with Gasteiger partial charge in [-0.05, 0) is 13.8 Å². The van der Waals surface area contributed by atoms with E-state index in [1.807, 2.05) is 13.8 Å². The van der Waals surface area contributed by atoms with Gasteiger partial charge in [-0.3, -0.25) is 8.89 Å². The quantitative estimate of drug-likeness (QED) is 0.896. The third-order valence-electron chi connectivity index (χ3n) is 3.43. The lowest BCUT2D eigenvalue weighted by atomic mass is 10.2. The number of methoxy groups -OCH3 is 1. The van der Waals surface area contributed by atoms with Gasteiger partial charge in [0.2, 0.25) is 0 Å². The Labute approximate surface area is 127 Å². The van der Waals surface area contributed by atoms with Crippen LogP contribution in [0.15, 0.2) is 12.4 Å². The van der Waals surface area contributed by atoms with Crippen molar-refractivity contribution in [1.29, 1.82) is 0 Å². The average molecular weight is 314 g/mol. The number of urea groups is 1. The lowest BCUT2D eigenvalue weighted by Gasteiger charge is -2.37. The van der Waals surface area contributed by atoms with Crippen molar-refractivity contribution in [3.8, 4) is 0 Å². The number of anilines is 1. The van der Waals surface area contributed by atoms with Crippen LogP contribution in [0.4, 0.5) is 10.5 Å². The zero-order valence-corrected chi connectivity index (χ0v) is 13.5. The van der Waals surface area contributed by atoms with Gasteiger partial charge in [0, 0.05) is 42.9 Å². The van der Waals surface area contributed by atoms with Crippen molar-refractivity contribution in [2.24, 2.45) is 0 Å². The van der Waals surface area contributed by atoms with Gasteiger partial charge in [-0.2, -0.15) is 5.10 Å². The van der Waals surface area contributed by atoms with E-state index in [0.29, 0.717) is 37.7 Å². The molecule has 1 N–H and O–H groups in total. The highest BCUT2D eigenvalue weighted by molar-refractivity contribution is 7.86. The first kappa shape index (κ1) is 16.0. The van der Waals surface area contributed by atoms with Gasteiger partial charge in [0.15, 0.2) is 0 Å². The maximum absolute atomic E-state index is 12.2. The number of aromatic nitrogens is 2. The second kappa shape index (κ2) is 6.57. The van der Waals surface area contributed by atoms with Crippen LogP contribution in [0.1, 0.15) is 13.8 Å². The summed E-state index contributed by atoms with van der Waals surface area (Å²) < 4.78 is 18.2. The van der Waals surface area contributed by atoms with Crippen LogP contribution in [0.2, 0.25) is 0 Å². The Bertz CT molecular complexity index is 529. The fourth-order valence-electron chi connectivity index (χ4n) is 2.19.